The first kappa shape index (κ1) is 39.6. The first-order valence-corrected chi connectivity index (χ1v) is 21.3. The lowest BCUT2D eigenvalue weighted by molar-refractivity contribution is -0.142. The summed E-state index contributed by atoms with van der Waals surface area (Å²) in [4.78, 5) is 67.9. The van der Waals surface area contributed by atoms with Crippen molar-refractivity contribution in [3.8, 4) is 22.4 Å². The lowest BCUT2D eigenvalue weighted by Gasteiger charge is -2.33. The van der Waals surface area contributed by atoms with E-state index in [1.165, 1.54) is 19.8 Å². The van der Waals surface area contributed by atoms with Crippen molar-refractivity contribution in [2.45, 2.75) is 108 Å². The molecule has 2 saturated carbocycles. The lowest BCUT2D eigenvalue weighted by Crippen LogP contribution is -2.45. The fourth-order valence-electron chi connectivity index (χ4n) is 10.0. The van der Waals surface area contributed by atoms with Gasteiger partial charge in [0, 0.05) is 55.7 Å². The van der Waals surface area contributed by atoms with Crippen molar-refractivity contribution in [3.05, 3.63) is 72.3 Å². The summed E-state index contributed by atoms with van der Waals surface area (Å²) in [5.74, 6) is 1.44. The SMILES string of the molecule is COC(=O)CC1CCC(C(=O)N2CCC[C@H]2c2ncc(-c3ccc(-c4ccc(C5=CN=C([C@@H]6CCCN6C(=O)C6CCC(NC(=O)OC)CC6)C5)cc4)cc3)[nH]2)CC1. The Morgan fingerprint density at radius 1 is 0.707 bits per heavy atom. The summed E-state index contributed by atoms with van der Waals surface area (Å²) < 4.78 is 9.59. The van der Waals surface area contributed by atoms with E-state index in [1.807, 2.05) is 17.3 Å². The van der Waals surface area contributed by atoms with E-state index >= 15 is 0 Å². The van der Waals surface area contributed by atoms with E-state index in [0.29, 0.717) is 12.3 Å². The first-order chi connectivity index (χ1) is 28.3. The normalized spacial score (nSPS) is 25.9. The van der Waals surface area contributed by atoms with Crippen molar-refractivity contribution >= 4 is 35.2 Å². The molecule has 58 heavy (non-hydrogen) atoms. The van der Waals surface area contributed by atoms with Crippen molar-refractivity contribution in [3.63, 3.8) is 0 Å². The molecule has 0 spiro atoms. The minimum atomic E-state index is -0.408. The predicted molar refractivity (Wildman–Crippen MR) is 221 cm³/mol. The highest BCUT2D eigenvalue weighted by Gasteiger charge is 2.39. The number of aromatic amines is 1. The van der Waals surface area contributed by atoms with Crippen molar-refractivity contribution in [1.82, 2.24) is 25.1 Å². The Kier molecular flexibility index (Phi) is 12.1. The van der Waals surface area contributed by atoms with Crippen LogP contribution in [-0.4, -0.2) is 88.7 Å². The van der Waals surface area contributed by atoms with Gasteiger partial charge >= 0.3 is 12.1 Å². The fraction of sp³-hybridized carbons (Fsp3) is 0.522. The number of alkyl carbamates (subject to hydrolysis) is 1. The Morgan fingerprint density at radius 2 is 1.28 bits per heavy atom. The number of hydrogen-bond acceptors (Lipinski definition) is 8. The Hall–Kier alpha value is -5.26. The minimum absolute atomic E-state index is 0.00676. The number of nitrogens with one attached hydrogen (secondary N) is 2. The number of imidazole rings is 1. The van der Waals surface area contributed by atoms with Crippen molar-refractivity contribution in [2.75, 3.05) is 27.3 Å². The van der Waals surface area contributed by atoms with Crippen LogP contribution in [0.2, 0.25) is 0 Å². The maximum absolute atomic E-state index is 13.7. The first-order valence-electron chi connectivity index (χ1n) is 21.3. The summed E-state index contributed by atoms with van der Waals surface area (Å²) in [5.41, 5.74) is 7.62. The number of methoxy groups -OCH3 is 2. The van der Waals surface area contributed by atoms with Gasteiger partial charge in [-0.05, 0) is 111 Å². The third-order valence-corrected chi connectivity index (χ3v) is 13.4. The van der Waals surface area contributed by atoms with Crippen LogP contribution in [0.3, 0.4) is 0 Å². The molecule has 2 aliphatic carbocycles. The van der Waals surface area contributed by atoms with Gasteiger partial charge in [-0.1, -0.05) is 48.5 Å². The molecule has 4 fully saturated rings. The van der Waals surface area contributed by atoms with Crippen LogP contribution in [0.4, 0.5) is 4.79 Å². The summed E-state index contributed by atoms with van der Waals surface area (Å²) in [6.07, 6.45) is 15.0. The quantitative estimate of drug-likeness (QED) is 0.199. The number of aromatic nitrogens is 2. The lowest BCUT2D eigenvalue weighted by atomic mass is 9.80. The molecular weight excluding hydrogens is 733 g/mol. The second-order valence-corrected chi connectivity index (χ2v) is 16.9. The van der Waals surface area contributed by atoms with Crippen molar-refractivity contribution in [2.24, 2.45) is 22.7 Å². The maximum atomic E-state index is 13.7. The fourth-order valence-corrected chi connectivity index (χ4v) is 10.0. The van der Waals surface area contributed by atoms with Crippen molar-refractivity contribution in [1.29, 1.82) is 0 Å². The maximum Gasteiger partial charge on any atom is 0.407 e. The molecule has 2 saturated heterocycles. The van der Waals surface area contributed by atoms with Crippen LogP contribution in [0.15, 0.2) is 65.9 Å². The van der Waals surface area contributed by atoms with Gasteiger partial charge in [-0.2, -0.15) is 0 Å². The third kappa shape index (κ3) is 8.61. The van der Waals surface area contributed by atoms with Crippen LogP contribution < -0.4 is 5.32 Å². The van der Waals surface area contributed by atoms with E-state index in [-0.39, 0.29) is 47.7 Å². The molecule has 3 aliphatic heterocycles. The highest BCUT2D eigenvalue weighted by Crippen LogP contribution is 2.38. The summed E-state index contributed by atoms with van der Waals surface area (Å²) in [6, 6.07) is 17.2. The highest BCUT2D eigenvalue weighted by molar-refractivity contribution is 6.03. The molecule has 0 bridgehead atoms. The van der Waals surface area contributed by atoms with E-state index < -0.39 is 6.09 Å². The Balaban J connectivity index is 0.834. The van der Waals surface area contributed by atoms with Crippen LogP contribution >= 0.6 is 0 Å². The van der Waals surface area contributed by atoms with Gasteiger partial charge in [0.15, 0.2) is 0 Å². The average Bonchev–Trinajstić information content (AvgIpc) is 4.11. The number of hydrogen-bond donors (Lipinski definition) is 2. The van der Waals surface area contributed by atoms with Gasteiger partial charge in [-0.3, -0.25) is 19.4 Å². The van der Waals surface area contributed by atoms with Gasteiger partial charge in [-0.25, -0.2) is 9.78 Å². The zero-order valence-corrected chi connectivity index (χ0v) is 33.8. The molecule has 2 N–H and O–H groups in total. The molecule has 3 amide bonds. The van der Waals surface area contributed by atoms with E-state index in [9.17, 15) is 19.2 Å². The number of aliphatic imine (C=N–C) groups is 1. The molecule has 0 unspecified atom stereocenters. The number of likely N-dealkylation sites (tertiary alicyclic amines) is 2. The number of H-pyrrole nitrogens is 1. The number of amides is 3. The van der Waals surface area contributed by atoms with E-state index in [4.69, 9.17) is 19.5 Å². The molecule has 0 radical (unpaired) electrons. The second-order valence-electron chi connectivity index (χ2n) is 16.9. The average molecular weight is 789 g/mol. The molecule has 12 nitrogen and oxygen atoms in total. The molecule has 1 aromatic heterocycles. The molecule has 12 heteroatoms. The summed E-state index contributed by atoms with van der Waals surface area (Å²) >= 11 is 0. The van der Waals surface area contributed by atoms with Crippen LogP contribution in [-0.2, 0) is 23.9 Å². The number of carbonyl (C=O) groups is 4. The van der Waals surface area contributed by atoms with Crippen LogP contribution in [0.25, 0.3) is 28.0 Å². The third-order valence-electron chi connectivity index (χ3n) is 13.4. The predicted octanol–water partition coefficient (Wildman–Crippen LogP) is 7.87. The van der Waals surface area contributed by atoms with Gasteiger partial charge in [-0.15, -0.1) is 0 Å². The highest BCUT2D eigenvalue weighted by atomic mass is 16.5. The summed E-state index contributed by atoms with van der Waals surface area (Å²) in [6.45, 7) is 1.53. The number of allylic oxidation sites excluding steroid dienone is 1. The molecule has 8 rings (SSSR count). The van der Waals surface area contributed by atoms with E-state index in [1.54, 1.807) is 0 Å². The topological polar surface area (TPSA) is 146 Å². The largest absolute Gasteiger partial charge is 0.469 e. The number of ether oxygens (including phenoxy) is 2. The molecule has 306 valence electrons. The zero-order chi connectivity index (χ0) is 40.2. The molecule has 2 atom stereocenters. The summed E-state index contributed by atoms with van der Waals surface area (Å²) in [5, 5.41) is 2.89. The van der Waals surface area contributed by atoms with Crippen molar-refractivity contribution < 1.29 is 28.7 Å². The molecule has 2 aromatic carbocycles. The second kappa shape index (κ2) is 17.7. The minimum Gasteiger partial charge on any atom is -0.469 e. The number of benzene rings is 2. The molecular formula is C46H56N6O6. The zero-order valence-electron chi connectivity index (χ0n) is 33.8. The van der Waals surface area contributed by atoms with E-state index in [0.717, 1.165) is 136 Å². The van der Waals surface area contributed by atoms with Gasteiger partial charge < -0.3 is 29.6 Å². The summed E-state index contributed by atoms with van der Waals surface area (Å²) in [7, 11) is 2.81. The Bertz CT molecular complexity index is 2020. The monoisotopic (exact) mass is 788 g/mol. The smallest absolute Gasteiger partial charge is 0.407 e. The van der Waals surface area contributed by atoms with Gasteiger partial charge in [0.05, 0.1) is 38.2 Å². The van der Waals surface area contributed by atoms with Gasteiger partial charge in [0.25, 0.3) is 0 Å². The molecule has 3 aromatic rings. The van der Waals surface area contributed by atoms with Crippen LogP contribution in [0.1, 0.15) is 107 Å². The number of rotatable bonds is 10. The standard InChI is InChI=1S/C46H56N6O6/c1-57-42(53)25-29-7-9-34(10-8-29)45(55)52-24-4-6-41(52)43-48-28-39(50-43)33-17-15-31(16-18-33)30-11-13-32(14-12-30)36-26-38(47-27-36)40-5-3-23-51(40)44(54)35-19-21-37(22-20-35)49-46(56)58-2/h11-18,27-29,34-35,37,40-41H,3-10,19-26H2,1-2H3,(H,48,50)(H,49,56)/t29?,34?,35?,37?,40-,41-/m0/s1. The number of esters is 1. The number of carbonyl (C=O) groups excluding carboxylic acids is 4. The Labute approximate surface area is 340 Å². The number of nitrogens with zero attached hydrogens (tertiary/aromatic N) is 4. The van der Waals surface area contributed by atoms with Crippen LogP contribution in [0.5, 0.6) is 0 Å². The van der Waals surface area contributed by atoms with E-state index in [2.05, 4.69) is 63.7 Å². The molecule has 5 aliphatic rings. The van der Waals surface area contributed by atoms with Gasteiger partial charge in [0.1, 0.15) is 5.82 Å². The Morgan fingerprint density at radius 3 is 1.90 bits per heavy atom. The van der Waals surface area contributed by atoms with Gasteiger partial charge in [0.2, 0.25) is 11.8 Å². The molecule has 4 heterocycles. The van der Waals surface area contributed by atoms with Crippen LogP contribution in [0, 0.1) is 17.8 Å².